The second-order valence-electron chi connectivity index (χ2n) is 7.09. The molecule has 25 heavy (non-hydrogen) atoms. The SMILES string of the molecule is Cc1ccccc1[C@H](C)NC(=O)c1ccc(CN2CCCCC2)cc1. The molecule has 132 valence electrons. The molecule has 0 spiro atoms. The van der Waals surface area contributed by atoms with Crippen LogP contribution in [0.5, 0.6) is 0 Å². The van der Waals surface area contributed by atoms with E-state index in [0.717, 1.165) is 17.7 Å². The lowest BCUT2D eigenvalue weighted by molar-refractivity contribution is 0.0940. The maximum atomic E-state index is 12.5. The van der Waals surface area contributed by atoms with E-state index in [4.69, 9.17) is 0 Å². The normalized spacial score (nSPS) is 16.4. The first-order valence-corrected chi connectivity index (χ1v) is 9.31. The molecule has 1 saturated heterocycles. The van der Waals surface area contributed by atoms with Gasteiger partial charge in [0.1, 0.15) is 0 Å². The van der Waals surface area contributed by atoms with Crippen molar-refractivity contribution in [2.45, 2.75) is 45.7 Å². The molecular formula is C22H28N2O. The number of amides is 1. The highest BCUT2D eigenvalue weighted by atomic mass is 16.1. The Morgan fingerprint density at radius 2 is 1.72 bits per heavy atom. The molecule has 1 aliphatic rings. The van der Waals surface area contributed by atoms with Crippen LogP contribution in [0.25, 0.3) is 0 Å². The summed E-state index contributed by atoms with van der Waals surface area (Å²) in [6.07, 6.45) is 3.96. The average Bonchev–Trinajstić information content (AvgIpc) is 2.63. The standard InChI is InChI=1S/C22H28N2O/c1-17-8-4-5-9-21(17)18(2)23-22(25)20-12-10-19(11-13-20)16-24-14-6-3-7-15-24/h4-5,8-13,18H,3,6-7,14-16H2,1-2H3,(H,23,25)/t18-/m0/s1. The number of carbonyl (C=O) groups excluding carboxylic acids is 1. The van der Waals surface area contributed by atoms with Gasteiger partial charge < -0.3 is 5.32 Å². The second-order valence-corrected chi connectivity index (χ2v) is 7.09. The van der Waals surface area contributed by atoms with Crippen LogP contribution >= 0.6 is 0 Å². The van der Waals surface area contributed by atoms with Crippen LogP contribution < -0.4 is 5.32 Å². The Balaban J connectivity index is 1.59. The summed E-state index contributed by atoms with van der Waals surface area (Å²) in [6.45, 7) is 7.48. The van der Waals surface area contributed by atoms with Gasteiger partial charge in [0.2, 0.25) is 0 Å². The number of nitrogens with zero attached hydrogens (tertiary/aromatic N) is 1. The smallest absolute Gasteiger partial charge is 0.251 e. The number of hydrogen-bond acceptors (Lipinski definition) is 2. The van der Waals surface area contributed by atoms with E-state index in [0.29, 0.717) is 0 Å². The number of hydrogen-bond donors (Lipinski definition) is 1. The van der Waals surface area contributed by atoms with Crippen molar-refractivity contribution in [3.05, 3.63) is 70.8 Å². The molecule has 0 aromatic heterocycles. The zero-order valence-corrected chi connectivity index (χ0v) is 15.3. The Morgan fingerprint density at radius 1 is 1.04 bits per heavy atom. The molecule has 0 radical (unpaired) electrons. The molecule has 0 unspecified atom stereocenters. The topological polar surface area (TPSA) is 32.3 Å². The van der Waals surface area contributed by atoms with E-state index in [9.17, 15) is 4.79 Å². The van der Waals surface area contributed by atoms with Crippen LogP contribution in [0.1, 0.15) is 59.3 Å². The highest BCUT2D eigenvalue weighted by Gasteiger charge is 2.14. The molecule has 1 heterocycles. The lowest BCUT2D eigenvalue weighted by atomic mass is 10.0. The quantitative estimate of drug-likeness (QED) is 0.873. The fraction of sp³-hybridized carbons (Fsp3) is 0.409. The van der Waals surface area contributed by atoms with Gasteiger partial charge in [-0.3, -0.25) is 9.69 Å². The third kappa shape index (κ3) is 4.70. The van der Waals surface area contributed by atoms with Gasteiger partial charge >= 0.3 is 0 Å². The van der Waals surface area contributed by atoms with Gasteiger partial charge in [0.05, 0.1) is 6.04 Å². The number of benzene rings is 2. The Kier molecular flexibility index (Phi) is 5.87. The summed E-state index contributed by atoms with van der Waals surface area (Å²) in [6, 6.07) is 16.2. The maximum absolute atomic E-state index is 12.5. The van der Waals surface area contributed by atoms with Crippen molar-refractivity contribution in [2.24, 2.45) is 0 Å². The Morgan fingerprint density at radius 3 is 2.40 bits per heavy atom. The fourth-order valence-electron chi connectivity index (χ4n) is 3.57. The Labute approximate surface area is 151 Å². The zero-order chi connectivity index (χ0) is 17.6. The van der Waals surface area contributed by atoms with E-state index in [1.165, 1.54) is 43.5 Å². The molecule has 0 bridgehead atoms. The third-order valence-corrected chi connectivity index (χ3v) is 5.07. The zero-order valence-electron chi connectivity index (χ0n) is 15.3. The van der Waals surface area contributed by atoms with Crippen LogP contribution in [0.2, 0.25) is 0 Å². The van der Waals surface area contributed by atoms with Crippen LogP contribution in [0.3, 0.4) is 0 Å². The van der Waals surface area contributed by atoms with Gasteiger partial charge in [0.15, 0.2) is 0 Å². The average molecular weight is 336 g/mol. The number of rotatable bonds is 5. The summed E-state index contributed by atoms with van der Waals surface area (Å²) in [5, 5.41) is 3.10. The highest BCUT2D eigenvalue weighted by Crippen LogP contribution is 2.18. The minimum atomic E-state index is -0.0136. The second kappa shape index (κ2) is 8.30. The predicted octanol–water partition coefficient (Wildman–Crippen LogP) is 4.47. The van der Waals surface area contributed by atoms with Crippen molar-refractivity contribution in [3.63, 3.8) is 0 Å². The van der Waals surface area contributed by atoms with Gasteiger partial charge in [0.25, 0.3) is 5.91 Å². The molecule has 1 N–H and O–H groups in total. The van der Waals surface area contributed by atoms with Crippen molar-refractivity contribution in [3.8, 4) is 0 Å². The number of nitrogens with one attached hydrogen (secondary N) is 1. The molecular weight excluding hydrogens is 308 g/mol. The summed E-state index contributed by atoms with van der Waals surface area (Å²) in [7, 11) is 0. The first-order chi connectivity index (χ1) is 12.1. The fourth-order valence-corrected chi connectivity index (χ4v) is 3.57. The van der Waals surface area contributed by atoms with E-state index >= 15 is 0 Å². The molecule has 1 atom stereocenters. The number of likely N-dealkylation sites (tertiary alicyclic amines) is 1. The van der Waals surface area contributed by atoms with E-state index in [1.54, 1.807) is 0 Å². The summed E-state index contributed by atoms with van der Waals surface area (Å²) >= 11 is 0. The van der Waals surface area contributed by atoms with Crippen LogP contribution in [-0.4, -0.2) is 23.9 Å². The molecule has 0 saturated carbocycles. The minimum absolute atomic E-state index is 0.00160. The van der Waals surface area contributed by atoms with Crippen LogP contribution in [0.4, 0.5) is 0 Å². The van der Waals surface area contributed by atoms with Crippen molar-refractivity contribution in [1.29, 1.82) is 0 Å². The number of carbonyl (C=O) groups is 1. The van der Waals surface area contributed by atoms with E-state index in [2.05, 4.69) is 41.4 Å². The number of piperidine rings is 1. The summed E-state index contributed by atoms with van der Waals surface area (Å²) in [4.78, 5) is 15.0. The molecule has 3 nitrogen and oxygen atoms in total. The van der Waals surface area contributed by atoms with E-state index < -0.39 is 0 Å². The van der Waals surface area contributed by atoms with E-state index in [-0.39, 0.29) is 11.9 Å². The van der Waals surface area contributed by atoms with Gasteiger partial charge in [-0.2, -0.15) is 0 Å². The molecule has 2 aromatic carbocycles. The lowest BCUT2D eigenvalue weighted by Gasteiger charge is -2.26. The number of aryl methyl sites for hydroxylation is 1. The van der Waals surface area contributed by atoms with Gasteiger partial charge in [-0.25, -0.2) is 0 Å². The van der Waals surface area contributed by atoms with Crippen molar-refractivity contribution in [1.82, 2.24) is 10.2 Å². The van der Waals surface area contributed by atoms with Crippen LogP contribution in [0, 0.1) is 6.92 Å². The molecule has 0 aliphatic carbocycles. The Hall–Kier alpha value is -2.13. The monoisotopic (exact) mass is 336 g/mol. The molecule has 1 fully saturated rings. The first-order valence-electron chi connectivity index (χ1n) is 9.31. The maximum Gasteiger partial charge on any atom is 0.251 e. The first kappa shape index (κ1) is 17.7. The predicted molar refractivity (Wildman–Crippen MR) is 103 cm³/mol. The van der Waals surface area contributed by atoms with Gasteiger partial charge in [-0.05, 0) is 68.6 Å². The lowest BCUT2D eigenvalue weighted by Crippen LogP contribution is -2.29. The summed E-state index contributed by atoms with van der Waals surface area (Å²) in [5.74, 6) is -0.0136. The molecule has 1 amide bonds. The molecule has 3 rings (SSSR count). The van der Waals surface area contributed by atoms with Crippen molar-refractivity contribution >= 4 is 5.91 Å². The van der Waals surface area contributed by atoms with E-state index in [1.807, 2.05) is 31.2 Å². The molecule has 2 aromatic rings. The molecule has 3 heteroatoms. The van der Waals surface area contributed by atoms with Crippen molar-refractivity contribution < 1.29 is 4.79 Å². The van der Waals surface area contributed by atoms with Crippen LogP contribution in [-0.2, 0) is 6.54 Å². The Bertz CT molecular complexity index is 702. The van der Waals surface area contributed by atoms with Crippen LogP contribution in [0.15, 0.2) is 48.5 Å². The molecule has 1 aliphatic heterocycles. The van der Waals surface area contributed by atoms with Crippen molar-refractivity contribution in [2.75, 3.05) is 13.1 Å². The third-order valence-electron chi connectivity index (χ3n) is 5.07. The largest absolute Gasteiger partial charge is 0.346 e. The summed E-state index contributed by atoms with van der Waals surface area (Å²) in [5.41, 5.74) is 4.37. The van der Waals surface area contributed by atoms with Gasteiger partial charge in [-0.1, -0.05) is 42.8 Å². The summed E-state index contributed by atoms with van der Waals surface area (Å²) < 4.78 is 0. The minimum Gasteiger partial charge on any atom is -0.346 e. The highest BCUT2D eigenvalue weighted by molar-refractivity contribution is 5.94. The van der Waals surface area contributed by atoms with Gasteiger partial charge in [-0.15, -0.1) is 0 Å². The van der Waals surface area contributed by atoms with Gasteiger partial charge in [0, 0.05) is 12.1 Å².